The summed E-state index contributed by atoms with van der Waals surface area (Å²) in [5.74, 6) is 0.815. The molecule has 1 atom stereocenters. The zero-order valence-electron chi connectivity index (χ0n) is 8.41. The first kappa shape index (κ1) is 9.97. The molecular weight excluding hydrogens is 240 g/mol. The predicted molar refractivity (Wildman–Crippen MR) is 62.5 cm³/mol. The molecule has 0 bridgehead atoms. The SMILES string of the molecule is CC1CCCN(c2ccnc(Br)c2)C1. The zero-order chi connectivity index (χ0) is 9.97. The van der Waals surface area contributed by atoms with Crippen molar-refractivity contribution in [2.24, 2.45) is 5.92 Å². The van der Waals surface area contributed by atoms with Crippen molar-refractivity contribution in [2.75, 3.05) is 18.0 Å². The second kappa shape index (κ2) is 4.30. The highest BCUT2D eigenvalue weighted by Crippen LogP contribution is 2.23. The summed E-state index contributed by atoms with van der Waals surface area (Å²) in [7, 11) is 0. The van der Waals surface area contributed by atoms with Crippen molar-refractivity contribution >= 4 is 21.6 Å². The second-order valence-electron chi connectivity index (χ2n) is 4.03. The van der Waals surface area contributed by atoms with Crippen molar-refractivity contribution < 1.29 is 0 Å². The lowest BCUT2D eigenvalue weighted by Gasteiger charge is -2.32. The van der Waals surface area contributed by atoms with Crippen molar-refractivity contribution in [1.29, 1.82) is 0 Å². The Labute approximate surface area is 93.5 Å². The molecule has 14 heavy (non-hydrogen) atoms. The molecule has 0 N–H and O–H groups in total. The van der Waals surface area contributed by atoms with Crippen LogP contribution < -0.4 is 4.90 Å². The lowest BCUT2D eigenvalue weighted by molar-refractivity contribution is 0.447. The maximum absolute atomic E-state index is 4.14. The molecule has 1 aromatic heterocycles. The van der Waals surface area contributed by atoms with E-state index in [0.717, 1.165) is 10.5 Å². The van der Waals surface area contributed by atoms with Gasteiger partial charge in [0.15, 0.2) is 0 Å². The molecule has 0 aromatic carbocycles. The number of aromatic nitrogens is 1. The molecule has 1 aliphatic heterocycles. The topological polar surface area (TPSA) is 16.1 Å². The summed E-state index contributed by atoms with van der Waals surface area (Å²) >= 11 is 3.41. The maximum Gasteiger partial charge on any atom is 0.108 e. The molecule has 3 heteroatoms. The van der Waals surface area contributed by atoms with Gasteiger partial charge in [-0.15, -0.1) is 0 Å². The summed E-state index contributed by atoms with van der Waals surface area (Å²) in [5.41, 5.74) is 1.29. The largest absolute Gasteiger partial charge is 0.371 e. The van der Waals surface area contributed by atoms with Crippen molar-refractivity contribution in [2.45, 2.75) is 19.8 Å². The lowest BCUT2D eigenvalue weighted by Crippen LogP contribution is -2.34. The fourth-order valence-electron chi connectivity index (χ4n) is 2.01. The van der Waals surface area contributed by atoms with Gasteiger partial charge in [-0.2, -0.15) is 0 Å². The van der Waals surface area contributed by atoms with Gasteiger partial charge in [-0.3, -0.25) is 0 Å². The van der Waals surface area contributed by atoms with Gasteiger partial charge in [-0.05, 0) is 46.8 Å². The Hall–Kier alpha value is -0.570. The van der Waals surface area contributed by atoms with E-state index in [2.05, 4.69) is 44.9 Å². The van der Waals surface area contributed by atoms with E-state index in [-0.39, 0.29) is 0 Å². The Kier molecular flexibility index (Phi) is 3.06. The van der Waals surface area contributed by atoms with Crippen LogP contribution >= 0.6 is 15.9 Å². The summed E-state index contributed by atoms with van der Waals surface area (Å²) in [6, 6.07) is 4.18. The van der Waals surface area contributed by atoms with E-state index in [1.165, 1.54) is 31.6 Å². The molecule has 0 spiro atoms. The Morgan fingerprint density at radius 1 is 1.57 bits per heavy atom. The molecule has 1 aliphatic rings. The van der Waals surface area contributed by atoms with Gasteiger partial charge >= 0.3 is 0 Å². The predicted octanol–water partition coefficient (Wildman–Crippen LogP) is 3.08. The summed E-state index contributed by atoms with van der Waals surface area (Å²) in [4.78, 5) is 6.59. The molecule has 1 aromatic rings. The molecule has 76 valence electrons. The Morgan fingerprint density at radius 2 is 2.43 bits per heavy atom. The first-order chi connectivity index (χ1) is 6.75. The normalized spacial score (nSPS) is 22.4. The number of hydrogen-bond donors (Lipinski definition) is 0. The Morgan fingerprint density at radius 3 is 3.14 bits per heavy atom. The summed E-state index contributed by atoms with van der Waals surface area (Å²) in [6.45, 7) is 4.68. The van der Waals surface area contributed by atoms with Crippen molar-refractivity contribution in [1.82, 2.24) is 4.98 Å². The average molecular weight is 255 g/mol. The van der Waals surface area contributed by atoms with E-state index in [1.807, 2.05) is 6.20 Å². The number of nitrogens with zero attached hydrogens (tertiary/aromatic N) is 2. The first-order valence-electron chi connectivity index (χ1n) is 5.12. The van der Waals surface area contributed by atoms with Crippen LogP contribution in [0, 0.1) is 5.92 Å². The van der Waals surface area contributed by atoms with Gasteiger partial charge in [-0.1, -0.05) is 6.92 Å². The molecule has 1 unspecified atom stereocenters. The van der Waals surface area contributed by atoms with Gasteiger partial charge in [0.05, 0.1) is 0 Å². The monoisotopic (exact) mass is 254 g/mol. The number of anilines is 1. The fourth-order valence-corrected chi connectivity index (χ4v) is 2.37. The minimum absolute atomic E-state index is 0.815. The van der Waals surface area contributed by atoms with Gasteiger partial charge in [0.25, 0.3) is 0 Å². The van der Waals surface area contributed by atoms with Crippen LogP contribution in [0.25, 0.3) is 0 Å². The fraction of sp³-hybridized carbons (Fsp3) is 0.545. The molecular formula is C11H15BrN2. The van der Waals surface area contributed by atoms with E-state index < -0.39 is 0 Å². The number of rotatable bonds is 1. The highest BCUT2D eigenvalue weighted by Gasteiger charge is 2.16. The molecule has 0 amide bonds. The smallest absolute Gasteiger partial charge is 0.108 e. The molecule has 2 nitrogen and oxygen atoms in total. The molecule has 2 rings (SSSR count). The number of halogens is 1. The van der Waals surface area contributed by atoms with Crippen molar-refractivity contribution in [3.63, 3.8) is 0 Å². The molecule has 0 aliphatic carbocycles. The van der Waals surface area contributed by atoms with E-state index in [4.69, 9.17) is 0 Å². The minimum atomic E-state index is 0.815. The maximum atomic E-state index is 4.14. The Bertz CT molecular complexity index is 314. The van der Waals surface area contributed by atoms with Crippen LogP contribution in [0.5, 0.6) is 0 Å². The zero-order valence-corrected chi connectivity index (χ0v) is 10.00. The van der Waals surface area contributed by atoms with Crippen molar-refractivity contribution in [3.05, 3.63) is 22.9 Å². The third-order valence-corrected chi connectivity index (χ3v) is 3.17. The van der Waals surface area contributed by atoms with Crippen molar-refractivity contribution in [3.8, 4) is 0 Å². The third kappa shape index (κ3) is 2.27. The van der Waals surface area contributed by atoms with E-state index in [1.54, 1.807) is 0 Å². The molecule has 0 radical (unpaired) electrons. The highest BCUT2D eigenvalue weighted by atomic mass is 79.9. The third-order valence-electron chi connectivity index (χ3n) is 2.73. The summed E-state index contributed by atoms with van der Waals surface area (Å²) in [6.07, 6.45) is 4.53. The quantitative estimate of drug-likeness (QED) is 0.717. The van der Waals surface area contributed by atoms with Crippen LogP contribution in [0.3, 0.4) is 0 Å². The van der Waals surface area contributed by atoms with Crippen LogP contribution in [0.1, 0.15) is 19.8 Å². The average Bonchev–Trinajstić information content (AvgIpc) is 2.18. The van der Waals surface area contributed by atoms with Crippen LogP contribution in [-0.2, 0) is 0 Å². The van der Waals surface area contributed by atoms with Gasteiger partial charge in [0.2, 0.25) is 0 Å². The highest BCUT2D eigenvalue weighted by molar-refractivity contribution is 9.10. The number of hydrogen-bond acceptors (Lipinski definition) is 2. The lowest BCUT2D eigenvalue weighted by atomic mass is 10.00. The van der Waals surface area contributed by atoms with Crippen LogP contribution in [0.2, 0.25) is 0 Å². The van der Waals surface area contributed by atoms with E-state index >= 15 is 0 Å². The van der Waals surface area contributed by atoms with E-state index in [9.17, 15) is 0 Å². The molecule has 1 saturated heterocycles. The number of pyridine rings is 1. The van der Waals surface area contributed by atoms with E-state index in [0.29, 0.717) is 0 Å². The Balaban J connectivity index is 2.14. The van der Waals surface area contributed by atoms with Gasteiger partial charge in [-0.25, -0.2) is 4.98 Å². The standard InChI is InChI=1S/C11H15BrN2/c1-9-3-2-6-14(8-9)10-4-5-13-11(12)7-10/h4-5,7,9H,2-3,6,8H2,1H3. The molecule has 1 fully saturated rings. The first-order valence-corrected chi connectivity index (χ1v) is 5.91. The van der Waals surface area contributed by atoms with Gasteiger partial charge in [0.1, 0.15) is 4.60 Å². The van der Waals surface area contributed by atoms with Gasteiger partial charge < -0.3 is 4.90 Å². The second-order valence-corrected chi connectivity index (χ2v) is 4.84. The summed E-state index contributed by atoms with van der Waals surface area (Å²) in [5, 5.41) is 0. The summed E-state index contributed by atoms with van der Waals surface area (Å²) < 4.78 is 0.924. The van der Waals surface area contributed by atoms with Crippen LogP contribution in [0.4, 0.5) is 5.69 Å². The minimum Gasteiger partial charge on any atom is -0.371 e. The molecule has 2 heterocycles. The number of piperidine rings is 1. The molecule has 0 saturated carbocycles. The van der Waals surface area contributed by atoms with Crippen LogP contribution in [-0.4, -0.2) is 18.1 Å². The van der Waals surface area contributed by atoms with Crippen LogP contribution in [0.15, 0.2) is 22.9 Å². The van der Waals surface area contributed by atoms with Gasteiger partial charge in [0, 0.05) is 25.0 Å².